The normalized spacial score (nSPS) is 22.4. The molecule has 3 heterocycles. The molecule has 7 nitrogen and oxygen atoms in total. The Morgan fingerprint density at radius 3 is 2.43 bits per heavy atom. The summed E-state index contributed by atoms with van der Waals surface area (Å²) in [5.41, 5.74) is 0.877. The highest BCUT2D eigenvalue weighted by Crippen LogP contribution is 2.34. The monoisotopic (exact) mass is 449 g/mol. The Bertz CT molecular complexity index is 770. The molecule has 3 rings (SSSR count). The van der Waals surface area contributed by atoms with Crippen molar-refractivity contribution >= 4 is 34.8 Å². The number of carbonyl (C=O) groups excluding carboxylic acids is 2. The van der Waals surface area contributed by atoms with Crippen molar-refractivity contribution in [1.82, 2.24) is 9.80 Å². The van der Waals surface area contributed by atoms with E-state index in [4.69, 9.17) is 9.90 Å². The fourth-order valence-corrected chi connectivity index (χ4v) is 4.24. The van der Waals surface area contributed by atoms with Crippen molar-refractivity contribution in [3.63, 3.8) is 0 Å². The summed E-state index contributed by atoms with van der Waals surface area (Å²) in [7, 11) is 2.01. The van der Waals surface area contributed by atoms with Crippen LogP contribution in [0.4, 0.5) is 18.9 Å². The summed E-state index contributed by atoms with van der Waals surface area (Å²) in [6, 6.07) is 2.00. The minimum atomic E-state index is -5.08. The third-order valence-corrected chi connectivity index (χ3v) is 5.93. The Balaban J connectivity index is 0.000000396. The molecule has 0 aromatic carbocycles. The predicted molar refractivity (Wildman–Crippen MR) is 106 cm³/mol. The maximum absolute atomic E-state index is 12.4. The maximum atomic E-state index is 12.4. The van der Waals surface area contributed by atoms with Gasteiger partial charge < -0.3 is 14.9 Å². The van der Waals surface area contributed by atoms with Crippen LogP contribution in [0.25, 0.3) is 0 Å². The standard InChI is InChI=1S/C17H25N3O2S.C2HF3O2/c1-13(2)8-15(21)19-6-5-17(11-19)12-20(14-4-7-23-10-14)16(22)9-18(17)3;3-2(4,5)1(6)7/h4,7,10,13H,5-6,8-9,11-12H2,1-3H3;(H,6,7). The van der Waals surface area contributed by atoms with Gasteiger partial charge in [0.05, 0.1) is 17.8 Å². The van der Waals surface area contributed by atoms with Crippen LogP contribution in [-0.4, -0.2) is 77.6 Å². The summed E-state index contributed by atoms with van der Waals surface area (Å²) < 4.78 is 31.7. The zero-order valence-corrected chi connectivity index (χ0v) is 17.9. The average molecular weight is 449 g/mol. The van der Waals surface area contributed by atoms with Crippen molar-refractivity contribution in [2.24, 2.45) is 5.92 Å². The number of carbonyl (C=O) groups is 3. The number of carboxylic acid groups (broad SMARTS) is 1. The number of anilines is 1. The van der Waals surface area contributed by atoms with E-state index in [1.807, 2.05) is 33.7 Å². The molecule has 168 valence electrons. The van der Waals surface area contributed by atoms with Gasteiger partial charge in [-0.1, -0.05) is 13.8 Å². The van der Waals surface area contributed by atoms with Gasteiger partial charge in [-0.25, -0.2) is 4.79 Å². The molecule has 30 heavy (non-hydrogen) atoms. The fraction of sp³-hybridized carbons (Fsp3) is 0.632. The number of piperazine rings is 1. The van der Waals surface area contributed by atoms with E-state index in [0.29, 0.717) is 25.4 Å². The van der Waals surface area contributed by atoms with Crippen LogP contribution in [0.1, 0.15) is 26.7 Å². The van der Waals surface area contributed by atoms with Crippen molar-refractivity contribution < 1.29 is 32.7 Å². The van der Waals surface area contributed by atoms with Crippen LogP contribution in [0.3, 0.4) is 0 Å². The van der Waals surface area contributed by atoms with Gasteiger partial charge in [0.2, 0.25) is 11.8 Å². The topological polar surface area (TPSA) is 81.2 Å². The van der Waals surface area contributed by atoms with Gasteiger partial charge in [0.15, 0.2) is 0 Å². The number of hydrogen-bond acceptors (Lipinski definition) is 5. The largest absolute Gasteiger partial charge is 0.490 e. The summed E-state index contributed by atoms with van der Waals surface area (Å²) in [4.78, 5) is 39.7. The molecule has 1 N–H and O–H groups in total. The Labute approximate surface area is 177 Å². The number of thiophene rings is 1. The van der Waals surface area contributed by atoms with Gasteiger partial charge in [-0.3, -0.25) is 14.5 Å². The number of likely N-dealkylation sites (N-methyl/N-ethyl adjacent to an activating group) is 1. The van der Waals surface area contributed by atoms with E-state index in [-0.39, 0.29) is 17.4 Å². The third-order valence-electron chi connectivity index (χ3n) is 5.26. The zero-order valence-electron chi connectivity index (χ0n) is 17.1. The number of alkyl halides is 3. The second kappa shape index (κ2) is 9.34. The Hall–Kier alpha value is -2.14. The Kier molecular flexibility index (Phi) is 7.51. The molecule has 2 fully saturated rings. The Morgan fingerprint density at radius 2 is 1.93 bits per heavy atom. The fourth-order valence-electron chi connectivity index (χ4n) is 3.59. The summed E-state index contributed by atoms with van der Waals surface area (Å²) in [5.74, 6) is -1.99. The molecule has 1 spiro atoms. The van der Waals surface area contributed by atoms with E-state index in [1.165, 1.54) is 0 Å². The van der Waals surface area contributed by atoms with E-state index in [0.717, 1.165) is 25.2 Å². The van der Waals surface area contributed by atoms with Crippen LogP contribution in [0, 0.1) is 5.92 Å². The van der Waals surface area contributed by atoms with Crippen LogP contribution < -0.4 is 4.90 Å². The molecule has 2 saturated heterocycles. The molecule has 0 aliphatic carbocycles. The lowest BCUT2D eigenvalue weighted by Gasteiger charge is -2.46. The number of halogens is 3. The molecule has 2 aliphatic heterocycles. The first-order valence-electron chi connectivity index (χ1n) is 9.47. The Morgan fingerprint density at radius 1 is 1.30 bits per heavy atom. The van der Waals surface area contributed by atoms with E-state index < -0.39 is 12.1 Å². The van der Waals surface area contributed by atoms with Crippen LogP contribution in [0.2, 0.25) is 0 Å². The van der Waals surface area contributed by atoms with Crippen molar-refractivity contribution in [1.29, 1.82) is 0 Å². The smallest absolute Gasteiger partial charge is 0.475 e. The van der Waals surface area contributed by atoms with Crippen LogP contribution >= 0.6 is 11.3 Å². The van der Waals surface area contributed by atoms with Gasteiger partial charge in [0.25, 0.3) is 0 Å². The molecular formula is C19H26F3N3O4S. The molecule has 1 aromatic heterocycles. The molecule has 2 amide bonds. The van der Waals surface area contributed by atoms with Gasteiger partial charge in [0.1, 0.15) is 0 Å². The van der Waals surface area contributed by atoms with E-state index in [1.54, 1.807) is 11.3 Å². The number of carboxylic acids is 1. The van der Waals surface area contributed by atoms with Gasteiger partial charge >= 0.3 is 12.1 Å². The van der Waals surface area contributed by atoms with Crippen LogP contribution in [0.5, 0.6) is 0 Å². The highest BCUT2D eigenvalue weighted by atomic mass is 32.1. The first-order valence-corrected chi connectivity index (χ1v) is 10.4. The van der Waals surface area contributed by atoms with E-state index in [9.17, 15) is 22.8 Å². The first-order chi connectivity index (χ1) is 13.9. The minimum absolute atomic E-state index is 0.109. The number of hydrogen-bond donors (Lipinski definition) is 1. The lowest BCUT2D eigenvalue weighted by atomic mass is 9.93. The van der Waals surface area contributed by atoms with Crippen molar-refractivity contribution in [2.75, 3.05) is 38.1 Å². The highest BCUT2D eigenvalue weighted by Gasteiger charge is 2.48. The number of rotatable bonds is 3. The lowest BCUT2D eigenvalue weighted by molar-refractivity contribution is -0.192. The van der Waals surface area contributed by atoms with E-state index >= 15 is 0 Å². The minimum Gasteiger partial charge on any atom is -0.475 e. The second-order valence-electron chi connectivity index (χ2n) is 8.01. The third kappa shape index (κ3) is 5.72. The van der Waals surface area contributed by atoms with Crippen LogP contribution in [0.15, 0.2) is 16.8 Å². The highest BCUT2D eigenvalue weighted by molar-refractivity contribution is 7.08. The number of likely N-dealkylation sites (tertiary alicyclic amines) is 1. The molecule has 11 heteroatoms. The molecule has 0 saturated carbocycles. The molecular weight excluding hydrogens is 423 g/mol. The van der Waals surface area contributed by atoms with Crippen molar-refractivity contribution in [3.05, 3.63) is 16.8 Å². The predicted octanol–water partition coefficient (Wildman–Crippen LogP) is 2.68. The molecule has 1 unspecified atom stereocenters. The zero-order chi connectivity index (χ0) is 22.7. The average Bonchev–Trinajstić information content (AvgIpc) is 3.28. The molecule has 1 atom stereocenters. The second-order valence-corrected chi connectivity index (χ2v) is 8.79. The van der Waals surface area contributed by atoms with Crippen molar-refractivity contribution in [3.8, 4) is 0 Å². The quantitative estimate of drug-likeness (QED) is 0.768. The molecule has 2 aliphatic rings. The summed E-state index contributed by atoms with van der Waals surface area (Å²) in [5, 5.41) is 11.1. The maximum Gasteiger partial charge on any atom is 0.490 e. The van der Waals surface area contributed by atoms with Gasteiger partial charge in [-0.05, 0) is 30.8 Å². The SMILES string of the molecule is CC(C)CC(=O)N1CCC2(C1)CN(c1ccsc1)C(=O)CN2C.O=C(O)C(F)(F)F. The van der Waals surface area contributed by atoms with Crippen LogP contribution in [-0.2, 0) is 14.4 Å². The summed E-state index contributed by atoms with van der Waals surface area (Å²) in [6.45, 7) is 6.76. The summed E-state index contributed by atoms with van der Waals surface area (Å²) >= 11 is 1.61. The summed E-state index contributed by atoms with van der Waals surface area (Å²) in [6.07, 6.45) is -3.55. The lowest BCUT2D eigenvalue weighted by Crippen LogP contribution is -2.64. The molecule has 0 radical (unpaired) electrons. The van der Waals surface area contributed by atoms with Gasteiger partial charge in [0, 0.05) is 31.4 Å². The number of nitrogens with zero attached hydrogens (tertiary/aromatic N) is 3. The first kappa shape index (κ1) is 24.1. The van der Waals surface area contributed by atoms with Gasteiger partial charge in [-0.2, -0.15) is 24.5 Å². The number of amides is 2. The van der Waals surface area contributed by atoms with Crippen molar-refractivity contribution in [2.45, 2.75) is 38.4 Å². The van der Waals surface area contributed by atoms with Gasteiger partial charge in [-0.15, -0.1) is 0 Å². The van der Waals surface area contributed by atoms with E-state index in [2.05, 4.69) is 18.7 Å². The number of aliphatic carboxylic acids is 1. The molecule has 0 bridgehead atoms. The molecule has 1 aromatic rings.